The largest absolute Gasteiger partial charge is 0.352 e. The molecule has 0 aromatic heterocycles. The molecule has 3 heteroatoms. The monoisotopic (exact) mass is 288 g/mol. The molecular formula is C18H28N2O. The number of carbonyl (C=O) groups excluding carboxylic acids is 1. The zero-order chi connectivity index (χ0) is 15.1. The lowest BCUT2D eigenvalue weighted by Gasteiger charge is -2.26. The third kappa shape index (κ3) is 4.57. The number of hydrogen-bond acceptors (Lipinski definition) is 2. The fourth-order valence-electron chi connectivity index (χ4n) is 3.07. The Hall–Kier alpha value is -1.35. The Morgan fingerprint density at radius 3 is 2.81 bits per heavy atom. The van der Waals surface area contributed by atoms with Crippen molar-refractivity contribution in [2.45, 2.75) is 51.5 Å². The van der Waals surface area contributed by atoms with Gasteiger partial charge in [0.2, 0.25) is 5.91 Å². The average Bonchev–Trinajstić information content (AvgIpc) is 2.77. The molecule has 1 aromatic rings. The van der Waals surface area contributed by atoms with E-state index in [-0.39, 0.29) is 17.9 Å². The fourth-order valence-corrected chi connectivity index (χ4v) is 3.07. The van der Waals surface area contributed by atoms with Crippen LogP contribution in [0.3, 0.4) is 0 Å². The van der Waals surface area contributed by atoms with E-state index in [0.29, 0.717) is 5.92 Å². The van der Waals surface area contributed by atoms with E-state index in [4.69, 9.17) is 0 Å². The summed E-state index contributed by atoms with van der Waals surface area (Å²) in [6.07, 6.45) is 4.49. The van der Waals surface area contributed by atoms with Crippen molar-refractivity contribution in [3.63, 3.8) is 0 Å². The summed E-state index contributed by atoms with van der Waals surface area (Å²) in [5.74, 6) is 0.495. The van der Waals surface area contributed by atoms with Crippen molar-refractivity contribution in [1.29, 1.82) is 0 Å². The van der Waals surface area contributed by atoms with Crippen LogP contribution in [0, 0.1) is 5.92 Å². The molecule has 1 aliphatic heterocycles. The van der Waals surface area contributed by atoms with Gasteiger partial charge in [-0.25, -0.2) is 0 Å². The minimum atomic E-state index is -0.0422. The van der Waals surface area contributed by atoms with E-state index >= 15 is 0 Å². The lowest BCUT2D eigenvalue weighted by atomic mass is 9.84. The standard InChI is InChI=1S/C18H28N2O/c1-3-14(2)17(15-9-5-4-6-10-15)18(21)20-16-11-7-8-12-19-13-16/h4-6,9-10,14,16-17,19H,3,7-8,11-13H2,1-2H3,(H,20,21). The molecule has 1 aromatic carbocycles. The van der Waals surface area contributed by atoms with Crippen LogP contribution in [-0.2, 0) is 4.79 Å². The van der Waals surface area contributed by atoms with Gasteiger partial charge in [-0.2, -0.15) is 0 Å². The topological polar surface area (TPSA) is 41.1 Å². The van der Waals surface area contributed by atoms with Crippen molar-refractivity contribution < 1.29 is 4.79 Å². The highest BCUT2D eigenvalue weighted by Crippen LogP contribution is 2.27. The third-order valence-electron chi connectivity index (χ3n) is 4.55. The summed E-state index contributed by atoms with van der Waals surface area (Å²) in [4.78, 5) is 12.8. The van der Waals surface area contributed by atoms with Crippen LogP contribution in [0.2, 0.25) is 0 Å². The smallest absolute Gasteiger partial charge is 0.228 e. The SMILES string of the molecule is CCC(C)C(C(=O)NC1CCCCNC1)c1ccccc1. The van der Waals surface area contributed by atoms with Crippen molar-refractivity contribution in [2.24, 2.45) is 5.92 Å². The zero-order valence-corrected chi connectivity index (χ0v) is 13.3. The highest BCUT2D eigenvalue weighted by atomic mass is 16.2. The lowest BCUT2D eigenvalue weighted by molar-refractivity contribution is -0.124. The van der Waals surface area contributed by atoms with Crippen molar-refractivity contribution in [3.8, 4) is 0 Å². The Morgan fingerprint density at radius 1 is 1.33 bits per heavy atom. The summed E-state index contributed by atoms with van der Waals surface area (Å²) in [7, 11) is 0. The van der Waals surface area contributed by atoms with Gasteiger partial charge < -0.3 is 10.6 Å². The maximum Gasteiger partial charge on any atom is 0.228 e. The van der Waals surface area contributed by atoms with Gasteiger partial charge in [-0.3, -0.25) is 4.79 Å². The van der Waals surface area contributed by atoms with Crippen LogP contribution >= 0.6 is 0 Å². The summed E-state index contributed by atoms with van der Waals surface area (Å²) in [6.45, 7) is 6.29. The molecule has 21 heavy (non-hydrogen) atoms. The Balaban J connectivity index is 2.07. The first-order chi connectivity index (χ1) is 10.2. The first-order valence-electron chi connectivity index (χ1n) is 8.28. The Bertz CT molecular complexity index is 424. The van der Waals surface area contributed by atoms with Gasteiger partial charge in [-0.1, -0.05) is 57.0 Å². The maximum absolute atomic E-state index is 12.8. The van der Waals surface area contributed by atoms with Gasteiger partial charge in [-0.05, 0) is 30.9 Å². The van der Waals surface area contributed by atoms with Crippen molar-refractivity contribution >= 4 is 5.91 Å². The van der Waals surface area contributed by atoms with Crippen LogP contribution in [0.25, 0.3) is 0 Å². The molecule has 0 aliphatic carbocycles. The predicted molar refractivity (Wildman–Crippen MR) is 87.3 cm³/mol. The van der Waals surface area contributed by atoms with Gasteiger partial charge in [0.05, 0.1) is 5.92 Å². The Kier molecular flexibility index (Phi) is 6.24. The predicted octanol–water partition coefficient (Wildman–Crippen LogP) is 3.07. The third-order valence-corrected chi connectivity index (χ3v) is 4.55. The van der Waals surface area contributed by atoms with Gasteiger partial charge in [0.1, 0.15) is 0 Å². The van der Waals surface area contributed by atoms with Crippen LogP contribution in [0.15, 0.2) is 30.3 Å². The van der Waals surface area contributed by atoms with E-state index in [2.05, 4.69) is 36.6 Å². The van der Waals surface area contributed by atoms with Gasteiger partial charge in [0.25, 0.3) is 0 Å². The summed E-state index contributed by atoms with van der Waals surface area (Å²) in [6, 6.07) is 10.5. The average molecular weight is 288 g/mol. The molecule has 116 valence electrons. The second kappa shape index (κ2) is 8.18. The van der Waals surface area contributed by atoms with Crippen LogP contribution in [0.4, 0.5) is 0 Å². The molecule has 1 fully saturated rings. The number of amides is 1. The van der Waals surface area contributed by atoms with E-state index in [1.807, 2.05) is 18.2 Å². The van der Waals surface area contributed by atoms with Crippen molar-refractivity contribution in [1.82, 2.24) is 10.6 Å². The van der Waals surface area contributed by atoms with Gasteiger partial charge in [-0.15, -0.1) is 0 Å². The first-order valence-corrected chi connectivity index (χ1v) is 8.28. The summed E-state index contributed by atoms with van der Waals surface area (Å²) < 4.78 is 0. The normalized spacial score (nSPS) is 22.1. The molecule has 2 rings (SSSR count). The molecule has 0 spiro atoms. The van der Waals surface area contributed by atoms with Crippen LogP contribution < -0.4 is 10.6 Å². The maximum atomic E-state index is 12.8. The molecule has 3 nitrogen and oxygen atoms in total. The molecule has 1 amide bonds. The molecule has 0 bridgehead atoms. The number of benzene rings is 1. The van der Waals surface area contributed by atoms with Crippen molar-refractivity contribution in [2.75, 3.05) is 13.1 Å². The Morgan fingerprint density at radius 2 is 2.10 bits per heavy atom. The summed E-state index contributed by atoms with van der Waals surface area (Å²) in [5.41, 5.74) is 1.13. The number of rotatable bonds is 5. The quantitative estimate of drug-likeness (QED) is 0.874. The molecule has 1 saturated heterocycles. The van der Waals surface area contributed by atoms with Crippen LogP contribution in [0.5, 0.6) is 0 Å². The number of carbonyl (C=O) groups is 1. The molecule has 1 heterocycles. The summed E-state index contributed by atoms with van der Waals surface area (Å²) in [5, 5.41) is 6.68. The first kappa shape index (κ1) is 16.0. The molecule has 3 unspecified atom stereocenters. The van der Waals surface area contributed by atoms with E-state index in [1.54, 1.807) is 0 Å². The minimum absolute atomic E-state index is 0.0422. The molecule has 3 atom stereocenters. The molecular weight excluding hydrogens is 260 g/mol. The van der Waals surface area contributed by atoms with Crippen LogP contribution in [0.1, 0.15) is 51.0 Å². The molecule has 2 N–H and O–H groups in total. The minimum Gasteiger partial charge on any atom is -0.352 e. The van der Waals surface area contributed by atoms with Gasteiger partial charge in [0.15, 0.2) is 0 Å². The second-order valence-corrected chi connectivity index (χ2v) is 6.18. The highest BCUT2D eigenvalue weighted by molar-refractivity contribution is 5.84. The van der Waals surface area contributed by atoms with E-state index in [0.717, 1.165) is 31.5 Å². The second-order valence-electron chi connectivity index (χ2n) is 6.18. The van der Waals surface area contributed by atoms with E-state index in [1.165, 1.54) is 12.8 Å². The Labute approximate surface area is 128 Å². The highest BCUT2D eigenvalue weighted by Gasteiger charge is 2.27. The molecule has 1 aliphatic rings. The zero-order valence-electron chi connectivity index (χ0n) is 13.3. The fraction of sp³-hybridized carbons (Fsp3) is 0.611. The van der Waals surface area contributed by atoms with Crippen molar-refractivity contribution in [3.05, 3.63) is 35.9 Å². The lowest BCUT2D eigenvalue weighted by Crippen LogP contribution is -2.44. The molecule has 0 radical (unpaired) electrons. The van der Waals surface area contributed by atoms with Crippen LogP contribution in [-0.4, -0.2) is 25.0 Å². The molecule has 0 saturated carbocycles. The van der Waals surface area contributed by atoms with Gasteiger partial charge >= 0.3 is 0 Å². The number of hydrogen-bond donors (Lipinski definition) is 2. The van der Waals surface area contributed by atoms with Gasteiger partial charge in [0, 0.05) is 12.6 Å². The summed E-state index contributed by atoms with van der Waals surface area (Å²) >= 11 is 0. The van der Waals surface area contributed by atoms with E-state index in [9.17, 15) is 4.79 Å². The van der Waals surface area contributed by atoms with E-state index < -0.39 is 0 Å². The number of nitrogens with one attached hydrogen (secondary N) is 2.